The molecule has 0 unspecified atom stereocenters. The molecule has 0 saturated heterocycles. The molecule has 3 N–H and O–H groups in total. The third kappa shape index (κ3) is 1.10. The Hall–Kier alpha value is -1.13. The normalized spacial score (nSPS) is 10.8. The monoisotopic (exact) mass is 216 g/mol. The van der Waals surface area contributed by atoms with Gasteiger partial charge in [0.15, 0.2) is 11.5 Å². The molecule has 0 amide bonds. The van der Waals surface area contributed by atoms with Gasteiger partial charge in [0.05, 0.1) is 15.1 Å². The number of benzene rings is 1. The molecular weight excluding hydrogens is 212 g/mol. The van der Waals surface area contributed by atoms with Gasteiger partial charge in [0.2, 0.25) is 0 Å². The molecule has 1 aromatic carbocycles. The standard InChI is InChI=1S/C8H5ClO3S/c9-3-2-13-8-6(3)4(10)1-5(11)7(8)12/h1-2,10-12H. The van der Waals surface area contributed by atoms with Crippen LogP contribution in [0.5, 0.6) is 17.2 Å². The van der Waals surface area contributed by atoms with Crippen molar-refractivity contribution in [3.63, 3.8) is 0 Å². The zero-order chi connectivity index (χ0) is 9.59. The molecular formula is C8H5ClO3S. The van der Waals surface area contributed by atoms with E-state index >= 15 is 0 Å². The van der Waals surface area contributed by atoms with Gasteiger partial charge in [-0.25, -0.2) is 0 Å². The summed E-state index contributed by atoms with van der Waals surface area (Å²) in [5.74, 6) is -0.718. The summed E-state index contributed by atoms with van der Waals surface area (Å²) in [6.45, 7) is 0. The van der Waals surface area contributed by atoms with Crippen molar-refractivity contribution in [2.75, 3.05) is 0 Å². The summed E-state index contributed by atoms with van der Waals surface area (Å²) < 4.78 is 0.391. The van der Waals surface area contributed by atoms with E-state index in [1.165, 1.54) is 11.3 Å². The van der Waals surface area contributed by atoms with E-state index in [4.69, 9.17) is 16.7 Å². The van der Waals surface area contributed by atoms with Crippen molar-refractivity contribution in [2.45, 2.75) is 0 Å². The second-order valence-corrected chi connectivity index (χ2v) is 3.84. The lowest BCUT2D eigenvalue weighted by Crippen LogP contribution is -1.72. The van der Waals surface area contributed by atoms with Crippen molar-refractivity contribution in [2.24, 2.45) is 0 Å². The molecule has 2 rings (SSSR count). The summed E-state index contributed by atoms with van der Waals surface area (Å²) in [5, 5.41) is 30.3. The summed E-state index contributed by atoms with van der Waals surface area (Å²) in [6.07, 6.45) is 0. The molecule has 13 heavy (non-hydrogen) atoms. The van der Waals surface area contributed by atoms with Crippen LogP contribution in [0, 0.1) is 0 Å². The first-order chi connectivity index (χ1) is 6.11. The van der Waals surface area contributed by atoms with Gasteiger partial charge in [-0.2, -0.15) is 0 Å². The molecule has 1 aromatic heterocycles. The lowest BCUT2D eigenvalue weighted by molar-refractivity contribution is 0.403. The van der Waals surface area contributed by atoms with Gasteiger partial charge in [-0.1, -0.05) is 11.6 Å². The number of halogens is 1. The fourth-order valence-corrected chi connectivity index (χ4v) is 2.40. The van der Waals surface area contributed by atoms with Gasteiger partial charge in [0.1, 0.15) is 5.75 Å². The molecule has 0 aliphatic rings. The van der Waals surface area contributed by atoms with E-state index in [0.717, 1.165) is 6.07 Å². The quantitative estimate of drug-likeness (QED) is 0.469. The fraction of sp³-hybridized carbons (Fsp3) is 0. The summed E-state index contributed by atoms with van der Waals surface area (Å²) in [7, 11) is 0. The first-order valence-electron chi connectivity index (χ1n) is 3.42. The van der Waals surface area contributed by atoms with E-state index in [9.17, 15) is 10.2 Å². The zero-order valence-corrected chi connectivity index (χ0v) is 7.85. The molecule has 0 spiro atoms. The van der Waals surface area contributed by atoms with Crippen molar-refractivity contribution in [1.29, 1.82) is 0 Å². The number of hydrogen-bond donors (Lipinski definition) is 3. The van der Waals surface area contributed by atoms with Crippen LogP contribution >= 0.6 is 22.9 Å². The Morgan fingerprint density at radius 2 is 1.85 bits per heavy atom. The molecule has 0 atom stereocenters. The maximum atomic E-state index is 9.40. The van der Waals surface area contributed by atoms with Crippen LogP contribution in [0.2, 0.25) is 5.02 Å². The average molecular weight is 217 g/mol. The largest absolute Gasteiger partial charge is 0.507 e. The summed E-state index contributed by atoms with van der Waals surface area (Å²) in [4.78, 5) is 0. The molecule has 0 fully saturated rings. The van der Waals surface area contributed by atoms with Crippen molar-refractivity contribution >= 4 is 33.0 Å². The molecule has 0 aliphatic carbocycles. The molecule has 0 radical (unpaired) electrons. The van der Waals surface area contributed by atoms with E-state index in [-0.39, 0.29) is 17.2 Å². The smallest absolute Gasteiger partial charge is 0.176 e. The number of phenols is 3. The fourth-order valence-electron chi connectivity index (χ4n) is 1.14. The summed E-state index contributed by atoms with van der Waals surface area (Å²) in [5.41, 5.74) is 0. The molecule has 0 bridgehead atoms. The van der Waals surface area contributed by atoms with Crippen molar-refractivity contribution in [3.8, 4) is 17.2 Å². The second kappa shape index (κ2) is 2.68. The highest BCUT2D eigenvalue weighted by molar-refractivity contribution is 7.18. The maximum Gasteiger partial charge on any atom is 0.176 e. The van der Waals surface area contributed by atoms with Gasteiger partial charge in [0.25, 0.3) is 0 Å². The number of fused-ring (bicyclic) bond motifs is 1. The van der Waals surface area contributed by atoms with Crippen LogP contribution in [0.3, 0.4) is 0 Å². The molecule has 5 heteroatoms. The molecule has 0 saturated carbocycles. The highest BCUT2D eigenvalue weighted by Gasteiger charge is 2.14. The number of rotatable bonds is 0. The first-order valence-corrected chi connectivity index (χ1v) is 4.67. The minimum Gasteiger partial charge on any atom is -0.507 e. The van der Waals surface area contributed by atoms with Crippen LogP contribution in [-0.4, -0.2) is 15.3 Å². The minimum atomic E-state index is -0.344. The van der Waals surface area contributed by atoms with E-state index in [1.54, 1.807) is 5.38 Å². The molecule has 0 aliphatic heterocycles. The Bertz CT molecular complexity index is 478. The van der Waals surface area contributed by atoms with Crippen LogP contribution in [0.25, 0.3) is 10.1 Å². The minimum absolute atomic E-state index is 0.128. The third-order valence-electron chi connectivity index (χ3n) is 1.73. The van der Waals surface area contributed by atoms with E-state index in [1.807, 2.05) is 0 Å². The summed E-state index contributed by atoms with van der Waals surface area (Å²) in [6, 6.07) is 1.07. The van der Waals surface area contributed by atoms with Crippen LogP contribution in [0.4, 0.5) is 0 Å². The highest BCUT2D eigenvalue weighted by atomic mass is 35.5. The van der Waals surface area contributed by atoms with E-state index in [2.05, 4.69) is 0 Å². The molecule has 2 aromatic rings. The zero-order valence-electron chi connectivity index (χ0n) is 6.28. The topological polar surface area (TPSA) is 60.7 Å². The van der Waals surface area contributed by atoms with Gasteiger partial charge in [0, 0.05) is 11.4 Å². The van der Waals surface area contributed by atoms with Gasteiger partial charge in [-0.05, 0) is 0 Å². The lowest BCUT2D eigenvalue weighted by atomic mass is 10.2. The molecule has 68 valence electrons. The third-order valence-corrected chi connectivity index (χ3v) is 3.15. The number of aromatic hydroxyl groups is 3. The van der Waals surface area contributed by atoms with Gasteiger partial charge < -0.3 is 15.3 Å². The van der Waals surface area contributed by atoms with Crippen LogP contribution < -0.4 is 0 Å². The first kappa shape index (κ1) is 8.47. The van der Waals surface area contributed by atoms with Crippen molar-refractivity contribution in [3.05, 3.63) is 16.5 Å². The van der Waals surface area contributed by atoms with Gasteiger partial charge in [-0.3, -0.25) is 0 Å². The van der Waals surface area contributed by atoms with Gasteiger partial charge >= 0.3 is 0 Å². The average Bonchev–Trinajstić information content (AvgIpc) is 2.44. The summed E-state index contributed by atoms with van der Waals surface area (Å²) >= 11 is 6.93. The lowest BCUT2D eigenvalue weighted by Gasteiger charge is -2.01. The predicted molar refractivity (Wildman–Crippen MR) is 51.8 cm³/mol. The van der Waals surface area contributed by atoms with E-state index in [0.29, 0.717) is 15.1 Å². The maximum absolute atomic E-state index is 9.40. The van der Waals surface area contributed by atoms with Gasteiger partial charge in [-0.15, -0.1) is 11.3 Å². The molecule has 3 nitrogen and oxygen atoms in total. The van der Waals surface area contributed by atoms with E-state index < -0.39 is 0 Å². The number of phenolic OH excluding ortho intramolecular Hbond substituents is 3. The van der Waals surface area contributed by atoms with Crippen LogP contribution in [0.1, 0.15) is 0 Å². The Morgan fingerprint density at radius 3 is 2.54 bits per heavy atom. The van der Waals surface area contributed by atoms with Crippen LogP contribution in [-0.2, 0) is 0 Å². The number of hydrogen-bond acceptors (Lipinski definition) is 4. The van der Waals surface area contributed by atoms with Crippen molar-refractivity contribution in [1.82, 2.24) is 0 Å². The van der Waals surface area contributed by atoms with Crippen molar-refractivity contribution < 1.29 is 15.3 Å². The number of thiophene rings is 1. The Morgan fingerprint density at radius 1 is 1.15 bits per heavy atom. The predicted octanol–water partition coefficient (Wildman–Crippen LogP) is 2.67. The van der Waals surface area contributed by atoms with Crippen LogP contribution in [0.15, 0.2) is 11.4 Å². The SMILES string of the molecule is Oc1cc(O)c2c(Cl)csc2c1O. The Balaban J connectivity index is 2.99. The Labute approximate surface area is 82.4 Å². The Kier molecular flexibility index (Phi) is 1.75. The second-order valence-electron chi connectivity index (χ2n) is 2.55. The molecule has 1 heterocycles. The highest BCUT2D eigenvalue weighted by Crippen LogP contribution is 2.45.